The largest absolute Gasteiger partial charge is 0.330 e. The van der Waals surface area contributed by atoms with E-state index in [1.54, 1.807) is 0 Å². The summed E-state index contributed by atoms with van der Waals surface area (Å²) in [4.78, 5) is 0. The molecule has 0 aliphatic rings. The van der Waals surface area contributed by atoms with Gasteiger partial charge in [-0.1, -0.05) is 76.2 Å². The molecule has 0 spiro atoms. The van der Waals surface area contributed by atoms with Crippen LogP contribution in [0.25, 0.3) is 11.1 Å². The first kappa shape index (κ1) is 18.7. The van der Waals surface area contributed by atoms with Crippen molar-refractivity contribution in [3.05, 3.63) is 59.7 Å². The third-order valence-corrected chi connectivity index (χ3v) is 5.20. The normalized spacial score (nSPS) is 12.4. The maximum Gasteiger partial charge on any atom is -0.00690 e. The van der Waals surface area contributed by atoms with Crippen molar-refractivity contribution in [3.63, 3.8) is 0 Å². The fraction of sp³-hybridized carbons (Fsp3) is 0.455. The van der Waals surface area contributed by atoms with Gasteiger partial charge in [0.2, 0.25) is 0 Å². The molecular formula is C22H32N2. The molecule has 0 heterocycles. The van der Waals surface area contributed by atoms with E-state index in [-0.39, 0.29) is 10.8 Å². The molecule has 24 heavy (non-hydrogen) atoms. The van der Waals surface area contributed by atoms with Crippen LogP contribution in [-0.4, -0.2) is 13.1 Å². The van der Waals surface area contributed by atoms with Gasteiger partial charge in [0.15, 0.2) is 0 Å². The Morgan fingerprint density at radius 3 is 1.12 bits per heavy atom. The minimum Gasteiger partial charge on any atom is -0.330 e. The van der Waals surface area contributed by atoms with Crippen LogP contribution in [0.1, 0.15) is 51.7 Å². The topological polar surface area (TPSA) is 52.0 Å². The van der Waals surface area contributed by atoms with Crippen LogP contribution in [0, 0.1) is 0 Å². The maximum absolute atomic E-state index is 5.74. The van der Waals surface area contributed by atoms with E-state index < -0.39 is 0 Å². The van der Waals surface area contributed by atoms with Crippen molar-refractivity contribution in [3.8, 4) is 11.1 Å². The van der Waals surface area contributed by atoms with Crippen LogP contribution in [0.4, 0.5) is 0 Å². The molecule has 0 fully saturated rings. The highest BCUT2D eigenvalue weighted by Gasteiger charge is 2.20. The first-order valence-corrected chi connectivity index (χ1v) is 8.92. The smallest absolute Gasteiger partial charge is 0.00690 e. The Hall–Kier alpha value is -1.64. The van der Waals surface area contributed by atoms with Crippen LogP contribution < -0.4 is 11.5 Å². The zero-order chi connectivity index (χ0) is 17.8. The van der Waals surface area contributed by atoms with Crippen molar-refractivity contribution in [2.45, 2.75) is 51.4 Å². The van der Waals surface area contributed by atoms with Crippen LogP contribution >= 0.6 is 0 Å². The van der Waals surface area contributed by atoms with Gasteiger partial charge >= 0.3 is 0 Å². The zero-order valence-electron chi connectivity index (χ0n) is 15.6. The highest BCUT2D eigenvalue weighted by atomic mass is 14.5. The Bertz CT molecular complexity index is 577. The van der Waals surface area contributed by atoms with E-state index in [1.807, 2.05) is 0 Å². The minimum atomic E-state index is 0.128. The van der Waals surface area contributed by atoms with Gasteiger partial charge in [-0.25, -0.2) is 0 Å². The van der Waals surface area contributed by atoms with Gasteiger partial charge in [-0.05, 0) is 59.0 Å². The van der Waals surface area contributed by atoms with Crippen LogP contribution in [0.2, 0.25) is 0 Å². The molecule has 0 aliphatic heterocycles. The van der Waals surface area contributed by atoms with Gasteiger partial charge in [0, 0.05) is 0 Å². The quantitative estimate of drug-likeness (QED) is 0.781. The third kappa shape index (κ3) is 4.25. The average molecular weight is 325 g/mol. The maximum atomic E-state index is 5.74. The Morgan fingerprint density at radius 2 is 0.875 bits per heavy atom. The molecule has 2 aromatic rings. The summed E-state index contributed by atoms with van der Waals surface area (Å²) in [6.45, 7) is 10.4. The fourth-order valence-electron chi connectivity index (χ4n) is 3.24. The lowest BCUT2D eigenvalue weighted by Crippen LogP contribution is -2.21. The second kappa shape index (κ2) is 7.50. The van der Waals surface area contributed by atoms with Crippen molar-refractivity contribution in [2.24, 2.45) is 11.5 Å². The summed E-state index contributed by atoms with van der Waals surface area (Å²) in [5.41, 5.74) is 16.9. The monoisotopic (exact) mass is 324 g/mol. The molecule has 0 radical (unpaired) electrons. The number of rotatable bonds is 7. The lowest BCUT2D eigenvalue weighted by atomic mass is 9.80. The van der Waals surface area contributed by atoms with Crippen molar-refractivity contribution < 1.29 is 0 Å². The van der Waals surface area contributed by atoms with Gasteiger partial charge in [0.1, 0.15) is 0 Å². The molecule has 4 N–H and O–H groups in total. The summed E-state index contributed by atoms with van der Waals surface area (Å²) in [5, 5.41) is 0. The van der Waals surface area contributed by atoms with Crippen molar-refractivity contribution in [1.29, 1.82) is 0 Å². The van der Waals surface area contributed by atoms with Gasteiger partial charge in [-0.3, -0.25) is 0 Å². The van der Waals surface area contributed by atoms with Crippen molar-refractivity contribution >= 4 is 0 Å². The summed E-state index contributed by atoms with van der Waals surface area (Å²) in [7, 11) is 0. The standard InChI is InChI=1S/C22H32N2/c1-21(2,13-15-23)19-9-5-17(6-10-19)18-7-11-20(12-8-18)22(3,4)14-16-24/h5-12H,13-16,23-24H2,1-4H3. The molecule has 0 saturated carbocycles. The van der Waals surface area contributed by atoms with Crippen molar-refractivity contribution in [2.75, 3.05) is 13.1 Å². The summed E-state index contributed by atoms with van der Waals surface area (Å²) in [6, 6.07) is 17.8. The van der Waals surface area contributed by atoms with Crippen LogP contribution in [0.15, 0.2) is 48.5 Å². The highest BCUT2D eigenvalue weighted by Crippen LogP contribution is 2.31. The predicted octanol–water partition coefficient (Wildman–Crippen LogP) is 4.61. The second-order valence-electron chi connectivity index (χ2n) is 8.00. The van der Waals surface area contributed by atoms with E-state index in [4.69, 9.17) is 11.5 Å². The van der Waals surface area contributed by atoms with E-state index in [2.05, 4.69) is 76.2 Å². The first-order chi connectivity index (χ1) is 11.3. The molecule has 0 saturated heterocycles. The van der Waals surface area contributed by atoms with Gasteiger partial charge in [0.05, 0.1) is 0 Å². The Kier molecular flexibility index (Phi) is 5.84. The summed E-state index contributed by atoms with van der Waals surface area (Å²) in [5.74, 6) is 0. The SMILES string of the molecule is CC(C)(CCN)c1ccc(-c2ccc(C(C)(C)CCN)cc2)cc1. The molecule has 0 amide bonds. The molecule has 0 atom stereocenters. The molecule has 2 nitrogen and oxygen atoms in total. The average Bonchev–Trinajstić information content (AvgIpc) is 2.55. The van der Waals surface area contributed by atoms with E-state index in [0.717, 1.165) is 25.9 Å². The summed E-state index contributed by atoms with van der Waals surface area (Å²) in [6.07, 6.45) is 1.99. The molecule has 0 unspecified atom stereocenters. The number of hydrogen-bond acceptors (Lipinski definition) is 2. The fourth-order valence-corrected chi connectivity index (χ4v) is 3.24. The molecule has 130 valence electrons. The van der Waals surface area contributed by atoms with Crippen molar-refractivity contribution in [1.82, 2.24) is 0 Å². The van der Waals surface area contributed by atoms with Gasteiger partial charge < -0.3 is 11.5 Å². The Labute approximate surface area is 147 Å². The van der Waals surface area contributed by atoms with Crippen LogP contribution in [0.5, 0.6) is 0 Å². The van der Waals surface area contributed by atoms with Crippen LogP contribution in [-0.2, 0) is 10.8 Å². The minimum absolute atomic E-state index is 0.128. The predicted molar refractivity (Wildman–Crippen MR) is 105 cm³/mol. The van der Waals surface area contributed by atoms with E-state index in [0.29, 0.717) is 0 Å². The molecule has 2 aromatic carbocycles. The Balaban J connectivity index is 2.21. The number of hydrogen-bond donors (Lipinski definition) is 2. The van der Waals surface area contributed by atoms with Gasteiger partial charge in [0.25, 0.3) is 0 Å². The van der Waals surface area contributed by atoms with E-state index >= 15 is 0 Å². The number of nitrogens with two attached hydrogens (primary N) is 2. The van der Waals surface area contributed by atoms with E-state index in [1.165, 1.54) is 22.3 Å². The Morgan fingerprint density at radius 1 is 0.583 bits per heavy atom. The number of benzene rings is 2. The molecule has 2 rings (SSSR count). The second-order valence-corrected chi connectivity index (χ2v) is 8.00. The molecule has 2 heteroatoms. The molecule has 0 bridgehead atoms. The van der Waals surface area contributed by atoms with E-state index in [9.17, 15) is 0 Å². The highest BCUT2D eigenvalue weighted by molar-refractivity contribution is 5.64. The lowest BCUT2D eigenvalue weighted by Gasteiger charge is -2.25. The summed E-state index contributed by atoms with van der Waals surface area (Å²) < 4.78 is 0. The summed E-state index contributed by atoms with van der Waals surface area (Å²) >= 11 is 0. The third-order valence-electron chi connectivity index (χ3n) is 5.20. The zero-order valence-corrected chi connectivity index (χ0v) is 15.6. The van der Waals surface area contributed by atoms with Gasteiger partial charge in [-0.15, -0.1) is 0 Å². The molecule has 0 aromatic heterocycles. The van der Waals surface area contributed by atoms with Crippen LogP contribution in [0.3, 0.4) is 0 Å². The van der Waals surface area contributed by atoms with Gasteiger partial charge in [-0.2, -0.15) is 0 Å². The lowest BCUT2D eigenvalue weighted by molar-refractivity contribution is 0.487. The molecule has 0 aliphatic carbocycles. The first-order valence-electron chi connectivity index (χ1n) is 8.92. The molecular weight excluding hydrogens is 292 g/mol.